The van der Waals surface area contributed by atoms with Gasteiger partial charge in [0.05, 0.1) is 11.9 Å². The summed E-state index contributed by atoms with van der Waals surface area (Å²) in [7, 11) is 1.60. The van der Waals surface area contributed by atoms with Crippen molar-refractivity contribution in [2.45, 2.75) is 12.5 Å². The Labute approximate surface area is 171 Å². The molecule has 6 nitrogen and oxygen atoms in total. The molecule has 0 saturated carbocycles. The van der Waals surface area contributed by atoms with Gasteiger partial charge < -0.3 is 9.64 Å². The van der Waals surface area contributed by atoms with Crippen LogP contribution in [0.2, 0.25) is 5.02 Å². The van der Waals surface area contributed by atoms with Gasteiger partial charge in [0, 0.05) is 30.5 Å². The summed E-state index contributed by atoms with van der Waals surface area (Å²) in [5.41, 5.74) is 1.38. The largest absolute Gasteiger partial charge is 0.472 e. The van der Waals surface area contributed by atoms with Gasteiger partial charge in [0.2, 0.25) is 5.88 Å². The molecule has 0 aliphatic heterocycles. The Balaban J connectivity index is 1.91. The second-order valence-corrected chi connectivity index (χ2v) is 6.50. The number of benzene rings is 1. The van der Waals surface area contributed by atoms with Gasteiger partial charge in [-0.2, -0.15) is 0 Å². The predicted molar refractivity (Wildman–Crippen MR) is 103 cm³/mol. The van der Waals surface area contributed by atoms with Crippen LogP contribution in [0.25, 0.3) is 0 Å². The third-order valence-corrected chi connectivity index (χ3v) is 4.31. The lowest BCUT2D eigenvalue weighted by Gasteiger charge is -2.28. The Hall–Kier alpha value is -3.13. The minimum absolute atomic E-state index is 0.0490. The zero-order valence-electron chi connectivity index (χ0n) is 15.4. The molecule has 2 heterocycles. The minimum atomic E-state index is -2.63. The highest BCUT2D eigenvalue weighted by Crippen LogP contribution is 2.28. The summed E-state index contributed by atoms with van der Waals surface area (Å²) in [4.78, 5) is 27.0. The van der Waals surface area contributed by atoms with E-state index in [0.717, 1.165) is 5.56 Å². The summed E-state index contributed by atoms with van der Waals surface area (Å²) >= 11 is 5.98. The highest BCUT2D eigenvalue weighted by Gasteiger charge is 2.27. The molecular formula is C20H17ClF2N4O2. The number of carbonyl (C=O) groups is 1. The number of hydrogen-bond donors (Lipinski definition) is 0. The number of hydrogen-bond acceptors (Lipinski definition) is 5. The van der Waals surface area contributed by atoms with Gasteiger partial charge in [-0.15, -0.1) is 0 Å². The van der Waals surface area contributed by atoms with E-state index in [0.29, 0.717) is 10.7 Å². The maximum atomic E-state index is 13.1. The van der Waals surface area contributed by atoms with Gasteiger partial charge in [-0.25, -0.2) is 13.8 Å². The van der Waals surface area contributed by atoms with Crippen molar-refractivity contribution in [2.75, 3.05) is 13.7 Å². The fourth-order valence-corrected chi connectivity index (χ4v) is 2.88. The molecule has 0 bridgehead atoms. The molecule has 0 saturated heterocycles. The fourth-order valence-electron chi connectivity index (χ4n) is 2.75. The van der Waals surface area contributed by atoms with Crippen molar-refractivity contribution in [2.24, 2.45) is 0 Å². The number of alkyl halides is 2. The smallest absolute Gasteiger partial charge is 0.273 e. The van der Waals surface area contributed by atoms with E-state index in [-0.39, 0.29) is 11.6 Å². The van der Waals surface area contributed by atoms with E-state index in [1.54, 1.807) is 37.5 Å². The van der Waals surface area contributed by atoms with Crippen LogP contribution < -0.4 is 4.74 Å². The number of aromatic nitrogens is 3. The number of amides is 1. The zero-order chi connectivity index (χ0) is 20.8. The lowest BCUT2D eigenvalue weighted by molar-refractivity contribution is 0.0735. The van der Waals surface area contributed by atoms with E-state index < -0.39 is 25.0 Å². The highest BCUT2D eigenvalue weighted by atomic mass is 35.5. The molecule has 1 aromatic carbocycles. The standard InChI is InChI=1S/C20H17ClF2N4O2/c1-27(20(28)15-3-2-4-18(26-15)29-12-17(22)23)19(16-11-24-9-10-25-16)13-5-7-14(21)8-6-13/h2-11,17,19H,12H2,1H3. The first-order valence-electron chi connectivity index (χ1n) is 8.62. The van der Waals surface area contributed by atoms with Crippen LogP contribution in [0.3, 0.4) is 0 Å². The van der Waals surface area contributed by atoms with Crippen LogP contribution in [-0.2, 0) is 0 Å². The number of carbonyl (C=O) groups excluding carboxylic acids is 1. The Morgan fingerprint density at radius 1 is 1.17 bits per heavy atom. The molecule has 2 aromatic heterocycles. The molecule has 0 aliphatic rings. The van der Waals surface area contributed by atoms with E-state index in [9.17, 15) is 13.6 Å². The van der Waals surface area contributed by atoms with Gasteiger partial charge in [0.1, 0.15) is 11.7 Å². The SMILES string of the molecule is CN(C(=O)c1cccc(OCC(F)F)n1)C(c1ccc(Cl)cc1)c1cnccn1. The maximum absolute atomic E-state index is 13.1. The third kappa shape index (κ3) is 5.23. The highest BCUT2D eigenvalue weighted by molar-refractivity contribution is 6.30. The Morgan fingerprint density at radius 3 is 2.59 bits per heavy atom. The lowest BCUT2D eigenvalue weighted by atomic mass is 10.0. The van der Waals surface area contributed by atoms with Crippen molar-refractivity contribution < 1.29 is 18.3 Å². The Morgan fingerprint density at radius 2 is 1.93 bits per heavy atom. The molecule has 1 atom stereocenters. The number of rotatable bonds is 7. The average molecular weight is 419 g/mol. The molecule has 3 aromatic rings. The van der Waals surface area contributed by atoms with Crippen LogP contribution in [0, 0.1) is 0 Å². The second kappa shape index (κ2) is 9.38. The first-order valence-corrected chi connectivity index (χ1v) is 9.00. The quantitative estimate of drug-likeness (QED) is 0.579. The van der Waals surface area contributed by atoms with E-state index in [1.807, 2.05) is 0 Å². The van der Waals surface area contributed by atoms with Gasteiger partial charge in [0.25, 0.3) is 12.3 Å². The molecule has 3 rings (SSSR count). The van der Waals surface area contributed by atoms with E-state index >= 15 is 0 Å². The summed E-state index contributed by atoms with van der Waals surface area (Å²) in [5.74, 6) is -0.481. The second-order valence-electron chi connectivity index (χ2n) is 6.06. The lowest BCUT2D eigenvalue weighted by Crippen LogP contribution is -2.33. The van der Waals surface area contributed by atoms with Gasteiger partial charge in [-0.05, 0) is 23.8 Å². The molecule has 0 fully saturated rings. The van der Waals surface area contributed by atoms with Crippen LogP contribution in [0.5, 0.6) is 5.88 Å². The van der Waals surface area contributed by atoms with Gasteiger partial charge >= 0.3 is 0 Å². The normalized spacial score (nSPS) is 11.9. The summed E-state index contributed by atoms with van der Waals surface area (Å²) in [5, 5.41) is 0.561. The molecular weight excluding hydrogens is 402 g/mol. The van der Waals surface area contributed by atoms with Crippen molar-refractivity contribution in [1.29, 1.82) is 0 Å². The Bertz CT molecular complexity index is 958. The topological polar surface area (TPSA) is 68.2 Å². The predicted octanol–water partition coefficient (Wildman–Crippen LogP) is 4.03. The number of halogens is 3. The molecule has 150 valence electrons. The van der Waals surface area contributed by atoms with E-state index in [2.05, 4.69) is 15.0 Å². The number of nitrogens with zero attached hydrogens (tertiary/aromatic N) is 4. The number of ether oxygens (including phenoxy) is 1. The summed E-state index contributed by atoms with van der Waals surface area (Å²) in [6.45, 7) is -0.798. The van der Waals surface area contributed by atoms with Crippen LogP contribution in [0.1, 0.15) is 27.8 Å². The van der Waals surface area contributed by atoms with Crippen molar-refractivity contribution in [3.05, 3.63) is 83.0 Å². The maximum Gasteiger partial charge on any atom is 0.273 e. The Kier molecular flexibility index (Phi) is 6.66. The monoisotopic (exact) mass is 418 g/mol. The van der Waals surface area contributed by atoms with E-state index in [4.69, 9.17) is 16.3 Å². The molecule has 0 N–H and O–H groups in total. The molecule has 0 radical (unpaired) electrons. The third-order valence-electron chi connectivity index (χ3n) is 4.06. The van der Waals surface area contributed by atoms with Crippen molar-refractivity contribution in [1.82, 2.24) is 19.9 Å². The van der Waals surface area contributed by atoms with Crippen molar-refractivity contribution in [3.63, 3.8) is 0 Å². The van der Waals surface area contributed by atoms with Gasteiger partial charge in [-0.3, -0.25) is 14.8 Å². The summed E-state index contributed by atoms with van der Waals surface area (Å²) < 4.78 is 29.6. The van der Waals surface area contributed by atoms with Crippen LogP contribution in [-0.4, -0.2) is 45.8 Å². The van der Waals surface area contributed by atoms with E-state index in [1.165, 1.54) is 35.5 Å². The molecule has 1 amide bonds. The number of pyridine rings is 1. The molecule has 9 heteroatoms. The fraction of sp³-hybridized carbons (Fsp3) is 0.200. The van der Waals surface area contributed by atoms with Crippen LogP contribution in [0.4, 0.5) is 8.78 Å². The zero-order valence-corrected chi connectivity index (χ0v) is 16.1. The first-order chi connectivity index (χ1) is 14.0. The average Bonchev–Trinajstić information content (AvgIpc) is 2.74. The van der Waals surface area contributed by atoms with Crippen LogP contribution in [0.15, 0.2) is 61.1 Å². The minimum Gasteiger partial charge on any atom is -0.472 e. The summed E-state index contributed by atoms with van der Waals surface area (Å²) in [6.07, 6.45) is 2.01. The molecule has 0 spiro atoms. The summed E-state index contributed by atoms with van der Waals surface area (Å²) in [6, 6.07) is 10.9. The molecule has 0 aliphatic carbocycles. The van der Waals surface area contributed by atoms with Gasteiger partial charge in [-0.1, -0.05) is 29.8 Å². The molecule has 29 heavy (non-hydrogen) atoms. The van der Waals surface area contributed by atoms with Gasteiger partial charge in [0.15, 0.2) is 6.61 Å². The van der Waals surface area contributed by atoms with Crippen molar-refractivity contribution in [3.8, 4) is 5.88 Å². The molecule has 1 unspecified atom stereocenters. The van der Waals surface area contributed by atoms with Crippen LogP contribution >= 0.6 is 11.6 Å². The first kappa shape index (κ1) is 20.6. The van der Waals surface area contributed by atoms with Crippen molar-refractivity contribution >= 4 is 17.5 Å².